The van der Waals surface area contributed by atoms with Gasteiger partial charge in [-0.05, 0) is 89.4 Å². The Labute approximate surface area is 194 Å². The number of nitrogens with one attached hydrogen (secondary N) is 1. The summed E-state index contributed by atoms with van der Waals surface area (Å²) >= 11 is 4.28. The molecule has 0 atom stereocenters. The van der Waals surface area contributed by atoms with E-state index in [1.54, 1.807) is 24.3 Å². The Morgan fingerprint density at radius 3 is 2.52 bits per heavy atom. The van der Waals surface area contributed by atoms with Gasteiger partial charge in [-0.2, -0.15) is 0 Å². The van der Waals surface area contributed by atoms with Gasteiger partial charge in [-0.1, -0.05) is 25.1 Å². The van der Waals surface area contributed by atoms with Crippen LogP contribution in [0.25, 0.3) is 6.08 Å². The largest absolute Gasteiger partial charge is 0.490 e. The lowest BCUT2D eigenvalue weighted by Gasteiger charge is -2.13. The fourth-order valence-corrected chi connectivity index (χ4v) is 4.24. The Hall–Kier alpha value is -2.58. The Morgan fingerprint density at radius 1 is 1.19 bits per heavy atom. The third kappa shape index (κ3) is 5.98. The highest BCUT2D eigenvalue weighted by Gasteiger charge is 2.36. The summed E-state index contributed by atoms with van der Waals surface area (Å²) in [6.07, 6.45) is 2.58. The molecule has 1 N–H and O–H groups in total. The molecule has 1 aliphatic rings. The lowest BCUT2D eigenvalue weighted by atomic mass is 10.1. The first kappa shape index (κ1) is 23.1. The molecule has 6 nitrogen and oxygen atoms in total. The number of aryl methyl sites for hydroxylation is 1. The molecule has 0 spiro atoms. The minimum atomic E-state index is -0.481. The second-order valence-electron chi connectivity index (χ2n) is 7.22. The molecule has 0 unspecified atom stereocenters. The monoisotopic (exact) mass is 502 g/mol. The third-order valence-corrected chi connectivity index (χ3v) is 5.96. The number of rotatable bonds is 7. The summed E-state index contributed by atoms with van der Waals surface area (Å²) in [5.41, 5.74) is 2.52. The zero-order valence-corrected chi connectivity index (χ0v) is 19.9. The van der Waals surface area contributed by atoms with Crippen LogP contribution in [0.15, 0.2) is 51.8 Å². The number of nitrogens with zero attached hydrogens (tertiary/aromatic N) is 1. The molecule has 2 aromatic carbocycles. The summed E-state index contributed by atoms with van der Waals surface area (Å²) in [6, 6.07) is 12.9. The maximum Gasteiger partial charge on any atom is 0.294 e. The SMILES string of the molecule is CCc1ccc(NC(=O)CN2C(=O)S/C(=C\c3ccc(OC(C)C)c(Br)c3)C2=O)cc1. The van der Waals surface area contributed by atoms with Crippen molar-refractivity contribution in [3.63, 3.8) is 0 Å². The highest BCUT2D eigenvalue weighted by Crippen LogP contribution is 2.34. The van der Waals surface area contributed by atoms with E-state index in [0.717, 1.165) is 38.7 Å². The molecule has 8 heteroatoms. The van der Waals surface area contributed by atoms with Crippen LogP contribution in [0.4, 0.5) is 10.5 Å². The van der Waals surface area contributed by atoms with Crippen molar-refractivity contribution < 1.29 is 19.1 Å². The molecule has 3 rings (SSSR count). The smallest absolute Gasteiger partial charge is 0.294 e. The van der Waals surface area contributed by atoms with Crippen molar-refractivity contribution in [1.29, 1.82) is 0 Å². The maximum absolute atomic E-state index is 12.7. The van der Waals surface area contributed by atoms with E-state index in [2.05, 4.69) is 21.2 Å². The number of amides is 3. The van der Waals surface area contributed by atoms with Crippen molar-refractivity contribution in [3.8, 4) is 5.75 Å². The molecule has 31 heavy (non-hydrogen) atoms. The summed E-state index contributed by atoms with van der Waals surface area (Å²) in [7, 11) is 0. The van der Waals surface area contributed by atoms with Gasteiger partial charge in [-0.15, -0.1) is 0 Å². The minimum Gasteiger partial charge on any atom is -0.490 e. The number of hydrogen-bond acceptors (Lipinski definition) is 5. The van der Waals surface area contributed by atoms with Crippen LogP contribution in [0.2, 0.25) is 0 Å². The summed E-state index contributed by atoms with van der Waals surface area (Å²) in [5.74, 6) is -0.209. The molecular formula is C23H23BrN2O4S. The number of carbonyl (C=O) groups excluding carboxylic acids is 3. The molecule has 2 aromatic rings. The van der Waals surface area contributed by atoms with Crippen molar-refractivity contribution in [2.24, 2.45) is 0 Å². The normalized spacial score (nSPS) is 15.1. The van der Waals surface area contributed by atoms with Gasteiger partial charge in [0.15, 0.2) is 0 Å². The van der Waals surface area contributed by atoms with Crippen molar-refractivity contribution in [2.45, 2.75) is 33.3 Å². The van der Waals surface area contributed by atoms with Crippen molar-refractivity contribution in [1.82, 2.24) is 4.90 Å². The molecule has 0 radical (unpaired) electrons. The highest BCUT2D eigenvalue weighted by atomic mass is 79.9. The van der Waals surface area contributed by atoms with Gasteiger partial charge in [-0.3, -0.25) is 19.3 Å². The van der Waals surface area contributed by atoms with Gasteiger partial charge in [-0.25, -0.2) is 0 Å². The number of ether oxygens (including phenoxy) is 1. The number of imide groups is 1. The highest BCUT2D eigenvalue weighted by molar-refractivity contribution is 9.10. The van der Waals surface area contributed by atoms with E-state index in [1.165, 1.54) is 0 Å². The van der Waals surface area contributed by atoms with E-state index in [9.17, 15) is 14.4 Å². The molecule has 0 aliphatic carbocycles. The number of halogens is 1. The Morgan fingerprint density at radius 2 is 1.90 bits per heavy atom. The van der Waals surface area contributed by atoms with Gasteiger partial charge < -0.3 is 10.1 Å². The van der Waals surface area contributed by atoms with Crippen LogP contribution in [0.1, 0.15) is 31.9 Å². The maximum atomic E-state index is 12.7. The number of benzene rings is 2. The molecule has 1 saturated heterocycles. The lowest BCUT2D eigenvalue weighted by molar-refractivity contribution is -0.127. The minimum absolute atomic E-state index is 0.0365. The first-order valence-corrected chi connectivity index (χ1v) is 11.5. The standard InChI is InChI=1S/C23H23BrN2O4S/c1-4-15-5-8-17(9-6-15)25-21(27)13-26-22(28)20(31-23(26)29)12-16-7-10-19(18(24)11-16)30-14(2)3/h5-12,14H,4,13H2,1-3H3,(H,25,27)/b20-12-. The summed E-state index contributed by atoms with van der Waals surface area (Å²) < 4.78 is 6.44. The average molecular weight is 503 g/mol. The number of anilines is 1. The molecule has 0 bridgehead atoms. The summed E-state index contributed by atoms with van der Waals surface area (Å²) in [4.78, 5) is 38.6. The second kappa shape index (κ2) is 10.2. The Balaban J connectivity index is 1.67. The van der Waals surface area contributed by atoms with Crippen LogP contribution >= 0.6 is 27.7 Å². The predicted octanol–water partition coefficient (Wildman–Crippen LogP) is 5.47. The third-order valence-electron chi connectivity index (χ3n) is 4.44. The zero-order chi connectivity index (χ0) is 22.5. The number of carbonyl (C=O) groups is 3. The van der Waals surface area contributed by atoms with E-state index < -0.39 is 17.1 Å². The van der Waals surface area contributed by atoms with E-state index >= 15 is 0 Å². The van der Waals surface area contributed by atoms with Crippen molar-refractivity contribution in [2.75, 3.05) is 11.9 Å². The quantitative estimate of drug-likeness (QED) is 0.507. The second-order valence-corrected chi connectivity index (χ2v) is 9.07. The van der Waals surface area contributed by atoms with Crippen LogP contribution in [0, 0.1) is 0 Å². The molecular weight excluding hydrogens is 480 g/mol. The van der Waals surface area contributed by atoms with Gasteiger partial charge in [0.1, 0.15) is 12.3 Å². The fourth-order valence-electron chi connectivity index (χ4n) is 2.91. The molecule has 162 valence electrons. The van der Waals surface area contributed by atoms with Gasteiger partial charge in [0.25, 0.3) is 11.1 Å². The molecule has 1 fully saturated rings. The van der Waals surface area contributed by atoms with E-state index in [4.69, 9.17) is 4.74 Å². The van der Waals surface area contributed by atoms with Crippen LogP contribution in [0.3, 0.4) is 0 Å². The Bertz CT molecular complexity index is 1030. The van der Waals surface area contributed by atoms with Crippen molar-refractivity contribution in [3.05, 3.63) is 63.0 Å². The Kier molecular flexibility index (Phi) is 7.56. The van der Waals surface area contributed by atoms with E-state index in [0.29, 0.717) is 11.4 Å². The number of thioether (sulfide) groups is 1. The number of hydrogen-bond donors (Lipinski definition) is 1. The van der Waals surface area contributed by atoms with Crippen LogP contribution in [-0.4, -0.2) is 34.6 Å². The first-order valence-electron chi connectivity index (χ1n) is 9.87. The van der Waals surface area contributed by atoms with E-state index in [1.807, 2.05) is 45.0 Å². The fraction of sp³-hybridized carbons (Fsp3) is 0.261. The van der Waals surface area contributed by atoms with Gasteiger partial charge in [0.2, 0.25) is 5.91 Å². The topological polar surface area (TPSA) is 75.7 Å². The predicted molar refractivity (Wildman–Crippen MR) is 127 cm³/mol. The van der Waals surface area contributed by atoms with Crippen LogP contribution in [0.5, 0.6) is 5.75 Å². The van der Waals surface area contributed by atoms with E-state index in [-0.39, 0.29) is 17.6 Å². The molecule has 0 aromatic heterocycles. The molecule has 3 amide bonds. The van der Waals surface area contributed by atoms with Gasteiger partial charge >= 0.3 is 0 Å². The lowest BCUT2D eigenvalue weighted by Crippen LogP contribution is -2.36. The van der Waals surface area contributed by atoms with Crippen molar-refractivity contribution >= 4 is 56.5 Å². The van der Waals surface area contributed by atoms with Crippen LogP contribution < -0.4 is 10.1 Å². The van der Waals surface area contributed by atoms with Gasteiger partial charge in [0, 0.05) is 5.69 Å². The zero-order valence-electron chi connectivity index (χ0n) is 17.5. The summed E-state index contributed by atoms with van der Waals surface area (Å²) in [5, 5.41) is 2.25. The average Bonchev–Trinajstić information content (AvgIpc) is 2.97. The van der Waals surface area contributed by atoms with Crippen LogP contribution in [-0.2, 0) is 16.0 Å². The summed E-state index contributed by atoms with van der Waals surface area (Å²) in [6.45, 7) is 5.59. The molecule has 1 aliphatic heterocycles. The molecule has 1 heterocycles. The first-order chi connectivity index (χ1) is 14.8. The van der Waals surface area contributed by atoms with Gasteiger partial charge in [0.05, 0.1) is 15.5 Å². The molecule has 0 saturated carbocycles.